The van der Waals surface area contributed by atoms with E-state index < -0.39 is 24.1 Å². The van der Waals surface area contributed by atoms with Crippen LogP contribution in [0.5, 0.6) is 5.75 Å². The van der Waals surface area contributed by atoms with Gasteiger partial charge in [0.25, 0.3) is 5.91 Å². The van der Waals surface area contributed by atoms with Crippen molar-refractivity contribution in [2.75, 3.05) is 0 Å². The Kier molecular flexibility index (Phi) is 6.93. The molecule has 3 unspecified atom stereocenters. The fourth-order valence-corrected chi connectivity index (χ4v) is 2.36. The number of ether oxygens (including phenoxy) is 2. The first-order valence-corrected chi connectivity index (χ1v) is 8.76. The fraction of sp³-hybridized carbons (Fsp3) is 0.333. The number of benzene rings is 2. The Hall–Kier alpha value is -2.89. The molecule has 0 aliphatic rings. The van der Waals surface area contributed by atoms with E-state index in [-0.39, 0.29) is 11.9 Å². The molecule has 0 saturated heterocycles. The van der Waals surface area contributed by atoms with Crippen LogP contribution in [0.15, 0.2) is 48.5 Å². The highest BCUT2D eigenvalue weighted by molar-refractivity contribution is 5.84. The summed E-state index contributed by atoms with van der Waals surface area (Å²) < 4.78 is 23.7. The summed E-state index contributed by atoms with van der Waals surface area (Å²) in [6.07, 6.45) is -1.83. The van der Waals surface area contributed by atoms with E-state index in [1.165, 1.54) is 19.1 Å². The summed E-state index contributed by atoms with van der Waals surface area (Å²) in [5, 5.41) is 2.74. The number of carbonyl (C=O) groups is 2. The van der Waals surface area contributed by atoms with Crippen LogP contribution in [-0.2, 0) is 14.3 Å². The van der Waals surface area contributed by atoms with Crippen molar-refractivity contribution >= 4 is 11.9 Å². The minimum Gasteiger partial charge on any atom is -0.479 e. The lowest BCUT2D eigenvalue weighted by Crippen LogP contribution is -2.39. The first kappa shape index (κ1) is 20.4. The molecule has 0 saturated carbocycles. The number of amides is 1. The van der Waals surface area contributed by atoms with E-state index in [4.69, 9.17) is 9.47 Å². The van der Waals surface area contributed by atoms with Gasteiger partial charge >= 0.3 is 5.97 Å². The normalized spacial score (nSPS) is 14.0. The average Bonchev–Trinajstić information content (AvgIpc) is 2.63. The van der Waals surface area contributed by atoms with Crippen molar-refractivity contribution in [1.29, 1.82) is 0 Å². The SMILES string of the molecule is Cc1ccc(OC(C)C(=O)OC(C)C(=O)NC(C)c2ccc(F)cc2)cc1. The lowest BCUT2D eigenvalue weighted by atomic mass is 10.1. The molecule has 0 aliphatic carbocycles. The van der Waals surface area contributed by atoms with E-state index in [0.717, 1.165) is 11.1 Å². The zero-order chi connectivity index (χ0) is 20.0. The van der Waals surface area contributed by atoms with Crippen LogP contribution < -0.4 is 10.1 Å². The van der Waals surface area contributed by atoms with Crippen molar-refractivity contribution in [3.63, 3.8) is 0 Å². The minimum atomic E-state index is -0.982. The first-order valence-electron chi connectivity index (χ1n) is 8.76. The predicted molar refractivity (Wildman–Crippen MR) is 99.8 cm³/mol. The quantitative estimate of drug-likeness (QED) is 0.752. The van der Waals surface area contributed by atoms with Crippen LogP contribution in [0, 0.1) is 12.7 Å². The number of aryl methyl sites for hydroxylation is 1. The minimum absolute atomic E-state index is 0.345. The summed E-state index contributed by atoms with van der Waals surface area (Å²) in [6, 6.07) is 12.8. The third-order valence-corrected chi connectivity index (χ3v) is 4.06. The lowest BCUT2D eigenvalue weighted by Gasteiger charge is -2.20. The summed E-state index contributed by atoms with van der Waals surface area (Å²) >= 11 is 0. The number of hydrogen-bond donors (Lipinski definition) is 1. The topological polar surface area (TPSA) is 64.6 Å². The summed E-state index contributed by atoms with van der Waals surface area (Å²) in [5.74, 6) is -0.871. The van der Waals surface area contributed by atoms with Crippen LogP contribution in [0.25, 0.3) is 0 Å². The molecule has 0 aliphatic heterocycles. The second kappa shape index (κ2) is 9.16. The highest BCUT2D eigenvalue weighted by Gasteiger charge is 2.24. The van der Waals surface area contributed by atoms with Crippen molar-refractivity contribution in [2.45, 2.75) is 45.9 Å². The molecular weight excluding hydrogens is 349 g/mol. The molecule has 144 valence electrons. The molecule has 0 heterocycles. The number of nitrogens with one attached hydrogen (secondary N) is 1. The molecule has 1 amide bonds. The predicted octanol–water partition coefficient (Wildman–Crippen LogP) is 3.71. The molecular formula is C21H24FNO4. The maximum atomic E-state index is 13.0. The van der Waals surface area contributed by atoms with Crippen molar-refractivity contribution in [3.8, 4) is 5.75 Å². The van der Waals surface area contributed by atoms with Gasteiger partial charge < -0.3 is 14.8 Å². The van der Waals surface area contributed by atoms with E-state index in [9.17, 15) is 14.0 Å². The number of esters is 1. The van der Waals surface area contributed by atoms with Gasteiger partial charge in [-0.1, -0.05) is 29.8 Å². The largest absolute Gasteiger partial charge is 0.479 e. The molecule has 27 heavy (non-hydrogen) atoms. The lowest BCUT2D eigenvalue weighted by molar-refractivity contribution is -0.161. The van der Waals surface area contributed by atoms with Crippen LogP contribution in [-0.4, -0.2) is 24.1 Å². The summed E-state index contributed by atoms with van der Waals surface area (Å²) in [7, 11) is 0. The van der Waals surface area contributed by atoms with Gasteiger partial charge in [-0.05, 0) is 57.5 Å². The standard InChI is InChI=1S/C21H24FNO4/c1-13-5-11-19(12-6-13)26-16(4)21(25)27-15(3)20(24)23-14(2)17-7-9-18(22)10-8-17/h5-12,14-16H,1-4H3,(H,23,24). The molecule has 0 radical (unpaired) electrons. The number of rotatable bonds is 7. The fourth-order valence-electron chi connectivity index (χ4n) is 2.36. The van der Waals surface area contributed by atoms with E-state index >= 15 is 0 Å². The summed E-state index contributed by atoms with van der Waals surface area (Å²) in [5.41, 5.74) is 1.83. The number of hydrogen-bond acceptors (Lipinski definition) is 4. The Balaban J connectivity index is 1.85. The number of halogens is 1. The maximum Gasteiger partial charge on any atom is 0.347 e. The molecule has 5 nitrogen and oxygen atoms in total. The summed E-state index contributed by atoms with van der Waals surface area (Å²) in [6.45, 7) is 6.77. The summed E-state index contributed by atoms with van der Waals surface area (Å²) in [4.78, 5) is 24.4. The Bertz CT molecular complexity index is 774. The van der Waals surface area contributed by atoms with Gasteiger partial charge in [0.1, 0.15) is 11.6 Å². The smallest absolute Gasteiger partial charge is 0.347 e. The van der Waals surface area contributed by atoms with Crippen LogP contribution in [0.3, 0.4) is 0 Å². The van der Waals surface area contributed by atoms with E-state index in [1.54, 1.807) is 38.1 Å². The van der Waals surface area contributed by atoms with E-state index in [2.05, 4.69) is 5.32 Å². The van der Waals surface area contributed by atoms with Crippen LogP contribution >= 0.6 is 0 Å². The molecule has 2 rings (SSSR count). The molecule has 0 aromatic heterocycles. The Labute approximate surface area is 158 Å². The molecule has 0 spiro atoms. The molecule has 1 N–H and O–H groups in total. The van der Waals surface area contributed by atoms with Gasteiger partial charge in [-0.25, -0.2) is 9.18 Å². The Morgan fingerprint density at radius 1 is 0.926 bits per heavy atom. The van der Waals surface area contributed by atoms with Gasteiger partial charge in [-0.3, -0.25) is 4.79 Å². The molecule has 0 fully saturated rings. The second-order valence-corrected chi connectivity index (χ2v) is 6.43. The molecule has 2 aromatic rings. The zero-order valence-electron chi connectivity index (χ0n) is 15.9. The monoisotopic (exact) mass is 373 g/mol. The third kappa shape index (κ3) is 6.09. The Morgan fingerprint density at radius 2 is 1.52 bits per heavy atom. The van der Waals surface area contributed by atoms with Crippen LogP contribution in [0.4, 0.5) is 4.39 Å². The second-order valence-electron chi connectivity index (χ2n) is 6.43. The third-order valence-electron chi connectivity index (χ3n) is 4.06. The molecule has 6 heteroatoms. The highest BCUT2D eigenvalue weighted by atomic mass is 19.1. The maximum absolute atomic E-state index is 13.0. The van der Waals surface area contributed by atoms with Crippen molar-refractivity contribution < 1.29 is 23.5 Å². The van der Waals surface area contributed by atoms with Gasteiger partial charge in [0.15, 0.2) is 12.2 Å². The van der Waals surface area contributed by atoms with Crippen molar-refractivity contribution in [1.82, 2.24) is 5.32 Å². The molecule has 0 bridgehead atoms. The molecule has 2 aromatic carbocycles. The molecule has 3 atom stereocenters. The van der Waals surface area contributed by atoms with Gasteiger partial charge in [-0.2, -0.15) is 0 Å². The van der Waals surface area contributed by atoms with Crippen LogP contribution in [0.1, 0.15) is 37.9 Å². The van der Waals surface area contributed by atoms with Gasteiger partial charge in [0.2, 0.25) is 0 Å². The van der Waals surface area contributed by atoms with E-state index in [1.807, 2.05) is 19.1 Å². The van der Waals surface area contributed by atoms with Crippen molar-refractivity contribution in [3.05, 3.63) is 65.5 Å². The van der Waals surface area contributed by atoms with Gasteiger partial charge in [-0.15, -0.1) is 0 Å². The Morgan fingerprint density at radius 3 is 2.11 bits per heavy atom. The number of carbonyl (C=O) groups excluding carboxylic acids is 2. The van der Waals surface area contributed by atoms with Crippen LogP contribution in [0.2, 0.25) is 0 Å². The average molecular weight is 373 g/mol. The van der Waals surface area contributed by atoms with E-state index in [0.29, 0.717) is 5.75 Å². The van der Waals surface area contributed by atoms with Crippen molar-refractivity contribution in [2.24, 2.45) is 0 Å². The van der Waals surface area contributed by atoms with Gasteiger partial charge in [0.05, 0.1) is 6.04 Å². The highest BCUT2D eigenvalue weighted by Crippen LogP contribution is 2.15. The van der Waals surface area contributed by atoms with Gasteiger partial charge in [0, 0.05) is 0 Å². The zero-order valence-corrected chi connectivity index (χ0v) is 15.9. The first-order chi connectivity index (χ1) is 12.8.